The molecule has 1 unspecified atom stereocenters. The third-order valence-electron chi connectivity index (χ3n) is 5.75. The fourth-order valence-electron chi connectivity index (χ4n) is 3.96. The molecule has 0 bridgehead atoms. The molecule has 2 rings (SSSR count). The van der Waals surface area contributed by atoms with Crippen LogP contribution in [0.2, 0.25) is 0 Å². The first-order chi connectivity index (χ1) is 12.6. The monoisotopic (exact) mass is 359 g/mol. The zero-order chi connectivity index (χ0) is 19.0. The predicted molar refractivity (Wildman–Crippen MR) is 104 cm³/mol. The van der Waals surface area contributed by atoms with Crippen LogP contribution in [0.15, 0.2) is 24.3 Å². The molecule has 1 aliphatic carbocycles. The fourth-order valence-corrected chi connectivity index (χ4v) is 3.96. The lowest BCUT2D eigenvalue weighted by atomic mass is 9.67. The van der Waals surface area contributed by atoms with Gasteiger partial charge in [0, 0.05) is 0 Å². The van der Waals surface area contributed by atoms with E-state index in [2.05, 4.69) is 6.92 Å². The van der Waals surface area contributed by atoms with Gasteiger partial charge in [0.15, 0.2) is 0 Å². The lowest BCUT2D eigenvalue weighted by Crippen LogP contribution is -2.35. The van der Waals surface area contributed by atoms with Gasteiger partial charge in [-0.1, -0.05) is 44.5 Å². The zero-order valence-electron chi connectivity index (χ0n) is 16.2. The molecule has 0 amide bonds. The van der Waals surface area contributed by atoms with E-state index in [0.717, 1.165) is 62.4 Å². The van der Waals surface area contributed by atoms with Gasteiger partial charge in [-0.25, -0.2) is 0 Å². The van der Waals surface area contributed by atoms with Crippen molar-refractivity contribution in [3.05, 3.63) is 35.4 Å². The van der Waals surface area contributed by atoms with Crippen LogP contribution in [0.4, 0.5) is 0 Å². The van der Waals surface area contributed by atoms with Crippen LogP contribution in [0.1, 0.15) is 75.8 Å². The lowest BCUT2D eigenvalue weighted by Gasteiger charge is -2.36. The molecule has 26 heavy (non-hydrogen) atoms. The van der Waals surface area contributed by atoms with E-state index in [4.69, 9.17) is 10.5 Å². The Hall–Kier alpha value is -1.68. The number of benzene rings is 1. The summed E-state index contributed by atoms with van der Waals surface area (Å²) in [4.78, 5) is 24.3. The molecule has 0 spiro atoms. The Kier molecular flexibility index (Phi) is 7.83. The van der Waals surface area contributed by atoms with E-state index in [-0.39, 0.29) is 11.9 Å². The molecular formula is C22H33NO3. The molecule has 1 aliphatic rings. The smallest absolute Gasteiger partial charge is 0.313 e. The molecule has 4 heteroatoms. The molecular weight excluding hydrogens is 326 g/mol. The number of nitrogens with two attached hydrogens (primary N) is 1. The Morgan fingerprint density at radius 1 is 1.23 bits per heavy atom. The number of carbonyl (C=O) groups is 2. The van der Waals surface area contributed by atoms with E-state index in [0.29, 0.717) is 19.1 Å². The van der Waals surface area contributed by atoms with Gasteiger partial charge < -0.3 is 15.3 Å². The highest BCUT2D eigenvalue weighted by atomic mass is 16.5. The second-order valence-corrected chi connectivity index (χ2v) is 7.58. The molecule has 0 heterocycles. The lowest BCUT2D eigenvalue weighted by molar-refractivity contribution is -0.145. The van der Waals surface area contributed by atoms with Crippen molar-refractivity contribution in [1.29, 1.82) is 0 Å². The van der Waals surface area contributed by atoms with Gasteiger partial charge in [-0.05, 0) is 62.1 Å². The summed E-state index contributed by atoms with van der Waals surface area (Å²) in [5.74, 6) is 0.167. The number of esters is 1. The van der Waals surface area contributed by atoms with Crippen LogP contribution in [-0.2, 0) is 19.7 Å². The molecule has 0 saturated heterocycles. The number of ether oxygens (including phenoxy) is 1. The number of hydrogen-bond acceptors (Lipinski definition) is 4. The molecule has 0 aromatic heterocycles. The molecule has 0 radical (unpaired) electrons. The Morgan fingerprint density at radius 2 is 1.88 bits per heavy atom. The largest absolute Gasteiger partial charge is 0.465 e. The average Bonchev–Trinajstić information content (AvgIpc) is 2.70. The van der Waals surface area contributed by atoms with Crippen molar-refractivity contribution < 1.29 is 14.3 Å². The van der Waals surface area contributed by atoms with Gasteiger partial charge >= 0.3 is 5.97 Å². The first kappa shape index (κ1) is 20.6. The number of carbonyl (C=O) groups excluding carboxylic acids is 2. The third-order valence-corrected chi connectivity index (χ3v) is 5.75. The van der Waals surface area contributed by atoms with E-state index in [9.17, 15) is 9.59 Å². The van der Waals surface area contributed by atoms with E-state index in [1.807, 2.05) is 31.2 Å². The van der Waals surface area contributed by atoms with E-state index in [1.165, 1.54) is 0 Å². The summed E-state index contributed by atoms with van der Waals surface area (Å²) in [6.07, 6.45) is 7.36. The summed E-state index contributed by atoms with van der Waals surface area (Å²) in [6.45, 7) is 5.24. The topological polar surface area (TPSA) is 69.4 Å². The molecule has 144 valence electrons. The summed E-state index contributed by atoms with van der Waals surface area (Å²) in [5, 5.41) is 0. The number of aldehydes is 1. The third kappa shape index (κ3) is 4.73. The molecule has 1 atom stereocenters. The summed E-state index contributed by atoms with van der Waals surface area (Å²) < 4.78 is 5.37. The maximum atomic E-state index is 12.4. The minimum atomic E-state index is -0.396. The highest BCUT2D eigenvalue weighted by Crippen LogP contribution is 2.40. The molecule has 1 aromatic carbocycles. The SMILES string of the molecule is CCCOC(=O)C(CCC)c1ccc(C2(C=O)CCC(CN)CC2)cc1. The van der Waals surface area contributed by atoms with Gasteiger partial charge in [0.2, 0.25) is 0 Å². The van der Waals surface area contributed by atoms with Gasteiger partial charge in [0.05, 0.1) is 17.9 Å². The van der Waals surface area contributed by atoms with Crippen molar-refractivity contribution in [1.82, 2.24) is 0 Å². The minimum absolute atomic E-state index is 0.144. The van der Waals surface area contributed by atoms with Gasteiger partial charge in [-0.3, -0.25) is 4.79 Å². The number of rotatable bonds is 9. The van der Waals surface area contributed by atoms with Gasteiger partial charge in [0.25, 0.3) is 0 Å². The highest BCUT2D eigenvalue weighted by molar-refractivity contribution is 5.78. The summed E-state index contributed by atoms with van der Waals surface area (Å²) >= 11 is 0. The van der Waals surface area contributed by atoms with E-state index in [1.54, 1.807) is 0 Å². The quantitative estimate of drug-likeness (QED) is 0.532. The van der Waals surface area contributed by atoms with Crippen LogP contribution in [-0.4, -0.2) is 25.4 Å². The van der Waals surface area contributed by atoms with Crippen LogP contribution in [0.3, 0.4) is 0 Å². The maximum absolute atomic E-state index is 12.4. The van der Waals surface area contributed by atoms with Crippen LogP contribution in [0.25, 0.3) is 0 Å². The van der Waals surface area contributed by atoms with Gasteiger partial charge in [0.1, 0.15) is 6.29 Å². The molecule has 4 nitrogen and oxygen atoms in total. The Morgan fingerprint density at radius 3 is 2.38 bits per heavy atom. The number of hydrogen-bond donors (Lipinski definition) is 1. The standard InChI is InChI=1S/C22H33NO3/c1-3-5-20(21(25)26-14-4-2)18-6-8-19(9-7-18)22(16-24)12-10-17(15-23)11-13-22/h6-9,16-17,20H,3-5,10-15,23H2,1-2H3. The van der Waals surface area contributed by atoms with Crippen molar-refractivity contribution in [3.8, 4) is 0 Å². The zero-order valence-corrected chi connectivity index (χ0v) is 16.2. The van der Waals surface area contributed by atoms with Gasteiger partial charge in [-0.15, -0.1) is 0 Å². The van der Waals surface area contributed by atoms with Crippen LogP contribution < -0.4 is 5.73 Å². The van der Waals surface area contributed by atoms with Crippen molar-refractivity contribution in [2.75, 3.05) is 13.2 Å². The normalized spacial score (nSPS) is 24.0. The molecule has 2 N–H and O–H groups in total. The highest BCUT2D eigenvalue weighted by Gasteiger charge is 2.36. The Bertz CT molecular complexity index is 574. The van der Waals surface area contributed by atoms with E-state index < -0.39 is 5.41 Å². The summed E-state index contributed by atoms with van der Waals surface area (Å²) in [7, 11) is 0. The van der Waals surface area contributed by atoms with Gasteiger partial charge in [-0.2, -0.15) is 0 Å². The van der Waals surface area contributed by atoms with Crippen LogP contribution in [0, 0.1) is 5.92 Å². The average molecular weight is 360 g/mol. The molecule has 0 aliphatic heterocycles. The van der Waals surface area contributed by atoms with Crippen LogP contribution in [0.5, 0.6) is 0 Å². The fraction of sp³-hybridized carbons (Fsp3) is 0.636. The van der Waals surface area contributed by atoms with Crippen LogP contribution >= 0.6 is 0 Å². The summed E-state index contributed by atoms with van der Waals surface area (Å²) in [6, 6.07) is 8.07. The van der Waals surface area contributed by atoms with Crippen molar-refractivity contribution >= 4 is 12.3 Å². The van der Waals surface area contributed by atoms with Crippen molar-refractivity contribution in [2.24, 2.45) is 11.7 Å². The molecule has 1 fully saturated rings. The van der Waals surface area contributed by atoms with E-state index >= 15 is 0 Å². The second kappa shape index (κ2) is 9.86. The Labute approximate surface area is 157 Å². The minimum Gasteiger partial charge on any atom is -0.465 e. The summed E-state index contributed by atoms with van der Waals surface area (Å²) in [5.41, 5.74) is 7.43. The first-order valence-electron chi connectivity index (χ1n) is 10.0. The van der Waals surface area contributed by atoms with Crippen molar-refractivity contribution in [2.45, 2.75) is 70.1 Å². The molecule has 1 saturated carbocycles. The molecule has 1 aromatic rings. The second-order valence-electron chi connectivity index (χ2n) is 7.58. The maximum Gasteiger partial charge on any atom is 0.313 e. The Balaban J connectivity index is 2.17. The first-order valence-corrected chi connectivity index (χ1v) is 10.0. The van der Waals surface area contributed by atoms with Crippen molar-refractivity contribution in [3.63, 3.8) is 0 Å². The predicted octanol–water partition coefficient (Wildman–Crippen LogP) is 4.11.